The summed E-state index contributed by atoms with van der Waals surface area (Å²) in [5, 5.41) is 11.4. The number of hydrogen-bond acceptors (Lipinski definition) is 3. The third-order valence-electron chi connectivity index (χ3n) is 5.86. The minimum atomic E-state index is 0.344. The van der Waals surface area contributed by atoms with E-state index in [0.717, 1.165) is 37.7 Å². The summed E-state index contributed by atoms with van der Waals surface area (Å²) in [7, 11) is 2.01. The van der Waals surface area contributed by atoms with Crippen molar-refractivity contribution >= 4 is 5.96 Å². The lowest BCUT2D eigenvalue weighted by Gasteiger charge is -2.27. The smallest absolute Gasteiger partial charge is 0.191 e. The van der Waals surface area contributed by atoms with E-state index >= 15 is 0 Å². The number of aryl methyl sites for hydroxylation is 2. The van der Waals surface area contributed by atoms with Crippen LogP contribution in [0.25, 0.3) is 0 Å². The highest BCUT2D eigenvalue weighted by atomic mass is 15.3. The Morgan fingerprint density at radius 2 is 1.86 bits per heavy atom. The molecule has 0 amide bonds. The van der Waals surface area contributed by atoms with Crippen molar-refractivity contribution in [2.45, 2.75) is 46.1 Å². The van der Waals surface area contributed by atoms with E-state index in [4.69, 9.17) is 4.99 Å². The third-order valence-corrected chi connectivity index (χ3v) is 5.86. The molecule has 2 N–H and O–H groups in total. The van der Waals surface area contributed by atoms with Crippen molar-refractivity contribution in [2.24, 2.45) is 12.0 Å². The van der Waals surface area contributed by atoms with Gasteiger partial charge in [0.1, 0.15) is 0 Å². The van der Waals surface area contributed by atoms with E-state index in [1.807, 2.05) is 11.7 Å². The largest absolute Gasteiger partial charge is 0.357 e. The summed E-state index contributed by atoms with van der Waals surface area (Å²) < 4.78 is 1.96. The molecule has 0 radical (unpaired) electrons. The Morgan fingerprint density at radius 3 is 2.48 bits per heavy atom. The molecular formula is C23H36N6. The lowest BCUT2D eigenvalue weighted by atomic mass is 10.1. The van der Waals surface area contributed by atoms with Crippen molar-refractivity contribution in [2.75, 3.05) is 32.7 Å². The number of hydrogen-bond donors (Lipinski definition) is 2. The van der Waals surface area contributed by atoms with Crippen LogP contribution < -0.4 is 10.6 Å². The summed E-state index contributed by atoms with van der Waals surface area (Å²) in [4.78, 5) is 7.52. The maximum absolute atomic E-state index is 4.95. The molecule has 6 heteroatoms. The summed E-state index contributed by atoms with van der Waals surface area (Å²) in [6, 6.07) is 11.1. The Morgan fingerprint density at radius 1 is 1.14 bits per heavy atom. The van der Waals surface area contributed by atoms with Crippen LogP contribution in [0.4, 0.5) is 0 Å². The zero-order valence-electron chi connectivity index (χ0n) is 18.4. The van der Waals surface area contributed by atoms with Gasteiger partial charge in [0, 0.05) is 25.8 Å². The zero-order chi connectivity index (χ0) is 20.6. The topological polar surface area (TPSA) is 57.5 Å². The van der Waals surface area contributed by atoms with E-state index in [1.165, 1.54) is 42.8 Å². The quantitative estimate of drug-likeness (QED) is 0.532. The van der Waals surface area contributed by atoms with E-state index < -0.39 is 0 Å². The average molecular weight is 397 g/mol. The minimum Gasteiger partial charge on any atom is -0.357 e. The molecule has 29 heavy (non-hydrogen) atoms. The van der Waals surface area contributed by atoms with Crippen molar-refractivity contribution in [1.29, 1.82) is 0 Å². The molecule has 1 aromatic heterocycles. The highest BCUT2D eigenvalue weighted by Gasteiger charge is 2.23. The second-order valence-corrected chi connectivity index (χ2v) is 7.84. The molecule has 0 spiro atoms. The Kier molecular flexibility index (Phi) is 7.69. The normalized spacial score (nSPS) is 16.2. The molecular weight excluding hydrogens is 360 g/mol. The predicted octanol–water partition coefficient (Wildman–Crippen LogP) is 2.97. The lowest BCUT2D eigenvalue weighted by Crippen LogP contribution is -2.39. The predicted molar refractivity (Wildman–Crippen MR) is 120 cm³/mol. The molecule has 1 fully saturated rings. The zero-order valence-corrected chi connectivity index (χ0v) is 18.4. The van der Waals surface area contributed by atoms with Crippen LogP contribution in [0.3, 0.4) is 0 Å². The third kappa shape index (κ3) is 5.60. The maximum atomic E-state index is 4.95. The van der Waals surface area contributed by atoms with Crippen molar-refractivity contribution < 1.29 is 0 Å². The van der Waals surface area contributed by atoms with Crippen LogP contribution in [0.5, 0.6) is 0 Å². The summed E-state index contributed by atoms with van der Waals surface area (Å²) in [5.41, 5.74) is 5.04. The molecule has 1 unspecified atom stereocenters. The highest BCUT2D eigenvalue weighted by molar-refractivity contribution is 5.79. The molecule has 0 aliphatic carbocycles. The van der Waals surface area contributed by atoms with Crippen LogP contribution in [0, 0.1) is 13.8 Å². The molecule has 1 atom stereocenters. The van der Waals surface area contributed by atoms with Crippen LogP contribution in [-0.2, 0) is 13.5 Å². The van der Waals surface area contributed by atoms with Crippen molar-refractivity contribution in [1.82, 2.24) is 25.3 Å². The van der Waals surface area contributed by atoms with E-state index in [-0.39, 0.29) is 0 Å². The molecule has 3 rings (SSSR count). The molecule has 158 valence electrons. The Hall–Kier alpha value is -2.34. The summed E-state index contributed by atoms with van der Waals surface area (Å²) in [5.74, 6) is 0.895. The van der Waals surface area contributed by atoms with E-state index in [9.17, 15) is 0 Å². The first-order valence-electron chi connectivity index (χ1n) is 10.9. The molecule has 6 nitrogen and oxygen atoms in total. The average Bonchev–Trinajstić information content (AvgIpc) is 3.33. The number of guanidine groups is 1. The van der Waals surface area contributed by atoms with Crippen LogP contribution >= 0.6 is 0 Å². The number of aliphatic imine (C=N–C) groups is 1. The van der Waals surface area contributed by atoms with Crippen molar-refractivity contribution in [3.05, 3.63) is 52.8 Å². The molecule has 2 heterocycles. The Labute approximate surface area is 175 Å². The maximum Gasteiger partial charge on any atom is 0.191 e. The summed E-state index contributed by atoms with van der Waals surface area (Å²) >= 11 is 0. The second-order valence-electron chi connectivity index (χ2n) is 7.84. The fraction of sp³-hybridized carbons (Fsp3) is 0.565. The summed E-state index contributed by atoms with van der Waals surface area (Å²) in [6.07, 6.45) is 3.52. The van der Waals surface area contributed by atoms with Gasteiger partial charge in [-0.15, -0.1) is 0 Å². The van der Waals surface area contributed by atoms with Crippen LogP contribution in [-0.4, -0.2) is 53.4 Å². The fourth-order valence-electron chi connectivity index (χ4n) is 4.16. The molecule has 1 saturated heterocycles. The Balaban J connectivity index is 1.64. The van der Waals surface area contributed by atoms with Crippen LogP contribution in [0.15, 0.2) is 35.3 Å². The van der Waals surface area contributed by atoms with Gasteiger partial charge >= 0.3 is 0 Å². The number of likely N-dealkylation sites (tertiary alicyclic amines) is 1. The first kappa shape index (κ1) is 21.4. The van der Waals surface area contributed by atoms with Gasteiger partial charge in [0.15, 0.2) is 5.96 Å². The van der Waals surface area contributed by atoms with Gasteiger partial charge in [-0.3, -0.25) is 14.6 Å². The molecule has 0 saturated carbocycles. The molecule has 1 aliphatic rings. The van der Waals surface area contributed by atoms with Gasteiger partial charge in [-0.1, -0.05) is 30.3 Å². The molecule has 1 aromatic carbocycles. The molecule has 0 bridgehead atoms. The monoisotopic (exact) mass is 396 g/mol. The SMILES string of the molecule is CCNC(=NCC(c1ccccc1)N1CCCC1)NCCc1c(C)nn(C)c1C. The van der Waals surface area contributed by atoms with E-state index in [0.29, 0.717) is 6.04 Å². The van der Waals surface area contributed by atoms with Crippen molar-refractivity contribution in [3.63, 3.8) is 0 Å². The minimum absolute atomic E-state index is 0.344. The van der Waals surface area contributed by atoms with Gasteiger partial charge in [-0.2, -0.15) is 5.10 Å². The highest BCUT2D eigenvalue weighted by Crippen LogP contribution is 2.25. The van der Waals surface area contributed by atoms with Gasteiger partial charge in [0.25, 0.3) is 0 Å². The first-order valence-corrected chi connectivity index (χ1v) is 10.9. The second kappa shape index (κ2) is 10.4. The number of aromatic nitrogens is 2. The Bertz CT molecular complexity index is 789. The molecule has 1 aliphatic heterocycles. The number of nitrogens with zero attached hydrogens (tertiary/aromatic N) is 4. The summed E-state index contributed by atoms with van der Waals surface area (Å²) in [6.45, 7) is 11.1. The fourth-order valence-corrected chi connectivity index (χ4v) is 4.16. The van der Waals surface area contributed by atoms with Gasteiger partial charge in [0.2, 0.25) is 0 Å². The standard InChI is InChI=1S/C23H36N6/c1-5-24-23(25-14-13-21-18(2)27-28(4)19(21)3)26-17-22(29-15-9-10-16-29)20-11-7-6-8-12-20/h6-8,11-12,22H,5,9-10,13-17H2,1-4H3,(H2,24,25,26). The molecule has 2 aromatic rings. The van der Waals surface area contributed by atoms with Gasteiger partial charge in [-0.05, 0) is 64.3 Å². The number of nitrogens with one attached hydrogen (secondary N) is 2. The number of benzene rings is 1. The number of rotatable bonds is 8. The van der Waals surface area contributed by atoms with E-state index in [1.54, 1.807) is 0 Å². The van der Waals surface area contributed by atoms with Gasteiger partial charge in [-0.25, -0.2) is 0 Å². The van der Waals surface area contributed by atoms with Crippen LogP contribution in [0.1, 0.15) is 48.3 Å². The van der Waals surface area contributed by atoms with E-state index in [2.05, 4.69) is 71.7 Å². The van der Waals surface area contributed by atoms with Gasteiger partial charge < -0.3 is 10.6 Å². The van der Waals surface area contributed by atoms with Crippen LogP contribution in [0.2, 0.25) is 0 Å². The van der Waals surface area contributed by atoms with Gasteiger partial charge in [0.05, 0.1) is 18.3 Å². The lowest BCUT2D eigenvalue weighted by molar-refractivity contribution is 0.251. The first-order chi connectivity index (χ1) is 14.1. The van der Waals surface area contributed by atoms with Crippen molar-refractivity contribution in [3.8, 4) is 0 Å².